The van der Waals surface area contributed by atoms with Crippen LogP contribution in [0.1, 0.15) is 16.0 Å². The van der Waals surface area contributed by atoms with Crippen molar-refractivity contribution in [2.24, 2.45) is 0 Å². The SMILES string of the molecule is Cc1ccc(-c2c(C)sc3ncnc(Nc4ccc(Cl)cc4C)c23)cc1. The van der Waals surface area contributed by atoms with Crippen LogP contribution in [0.4, 0.5) is 11.5 Å². The van der Waals surface area contributed by atoms with Gasteiger partial charge in [-0.1, -0.05) is 41.4 Å². The molecular formula is C21H18ClN3S. The van der Waals surface area contributed by atoms with E-state index in [0.29, 0.717) is 0 Å². The van der Waals surface area contributed by atoms with Gasteiger partial charge in [0.15, 0.2) is 0 Å². The third kappa shape index (κ3) is 3.06. The molecule has 0 bridgehead atoms. The van der Waals surface area contributed by atoms with E-state index in [9.17, 15) is 0 Å². The van der Waals surface area contributed by atoms with Crippen molar-refractivity contribution in [1.29, 1.82) is 0 Å². The van der Waals surface area contributed by atoms with E-state index in [1.807, 2.05) is 25.1 Å². The van der Waals surface area contributed by atoms with Crippen molar-refractivity contribution >= 4 is 44.7 Å². The number of nitrogens with one attached hydrogen (secondary N) is 1. The molecule has 0 saturated heterocycles. The summed E-state index contributed by atoms with van der Waals surface area (Å²) in [5.41, 5.74) is 5.70. The summed E-state index contributed by atoms with van der Waals surface area (Å²) in [6.45, 7) is 6.27. The lowest BCUT2D eigenvalue weighted by molar-refractivity contribution is 1.23. The fourth-order valence-electron chi connectivity index (χ4n) is 3.10. The molecule has 3 nitrogen and oxygen atoms in total. The maximum atomic E-state index is 6.08. The van der Waals surface area contributed by atoms with Gasteiger partial charge in [-0.05, 0) is 50.1 Å². The normalized spacial score (nSPS) is 11.1. The van der Waals surface area contributed by atoms with Gasteiger partial charge in [-0.3, -0.25) is 0 Å². The molecule has 0 radical (unpaired) electrons. The molecule has 1 N–H and O–H groups in total. The molecule has 0 aliphatic rings. The Morgan fingerprint density at radius 1 is 0.962 bits per heavy atom. The van der Waals surface area contributed by atoms with Crippen molar-refractivity contribution in [3.63, 3.8) is 0 Å². The van der Waals surface area contributed by atoms with E-state index in [0.717, 1.165) is 32.3 Å². The highest BCUT2D eigenvalue weighted by Gasteiger charge is 2.17. The van der Waals surface area contributed by atoms with Gasteiger partial charge >= 0.3 is 0 Å². The average molecular weight is 380 g/mol. The molecule has 0 fully saturated rings. The predicted molar refractivity (Wildman–Crippen MR) is 112 cm³/mol. The first-order chi connectivity index (χ1) is 12.5. The van der Waals surface area contributed by atoms with Crippen LogP contribution in [0, 0.1) is 20.8 Å². The summed E-state index contributed by atoms with van der Waals surface area (Å²) in [6.07, 6.45) is 1.62. The maximum absolute atomic E-state index is 6.08. The van der Waals surface area contributed by atoms with Crippen LogP contribution < -0.4 is 5.32 Å². The minimum absolute atomic E-state index is 0.729. The van der Waals surface area contributed by atoms with Crippen LogP contribution in [0.5, 0.6) is 0 Å². The van der Waals surface area contributed by atoms with E-state index in [4.69, 9.17) is 11.6 Å². The lowest BCUT2D eigenvalue weighted by Gasteiger charge is -2.11. The van der Waals surface area contributed by atoms with Crippen molar-refractivity contribution in [2.45, 2.75) is 20.8 Å². The van der Waals surface area contributed by atoms with Crippen LogP contribution in [0.15, 0.2) is 48.8 Å². The summed E-state index contributed by atoms with van der Waals surface area (Å²) in [6, 6.07) is 14.4. The fourth-order valence-corrected chi connectivity index (χ4v) is 4.34. The van der Waals surface area contributed by atoms with E-state index in [1.165, 1.54) is 21.6 Å². The molecule has 4 aromatic rings. The van der Waals surface area contributed by atoms with Crippen LogP contribution in [-0.2, 0) is 0 Å². The van der Waals surface area contributed by atoms with E-state index < -0.39 is 0 Å². The highest BCUT2D eigenvalue weighted by Crippen LogP contribution is 2.41. The number of aromatic nitrogens is 2. The van der Waals surface area contributed by atoms with Crippen LogP contribution >= 0.6 is 22.9 Å². The zero-order chi connectivity index (χ0) is 18.3. The molecule has 0 amide bonds. The van der Waals surface area contributed by atoms with Crippen LogP contribution in [0.25, 0.3) is 21.3 Å². The number of hydrogen-bond donors (Lipinski definition) is 1. The molecular weight excluding hydrogens is 362 g/mol. The maximum Gasteiger partial charge on any atom is 0.143 e. The van der Waals surface area contributed by atoms with Gasteiger partial charge in [0.2, 0.25) is 0 Å². The van der Waals surface area contributed by atoms with Gasteiger partial charge in [0.1, 0.15) is 17.0 Å². The summed E-state index contributed by atoms with van der Waals surface area (Å²) >= 11 is 7.78. The molecule has 130 valence electrons. The Labute approximate surface area is 161 Å². The van der Waals surface area contributed by atoms with Crippen LogP contribution in [-0.4, -0.2) is 9.97 Å². The number of thiophene rings is 1. The van der Waals surface area contributed by atoms with E-state index in [-0.39, 0.29) is 0 Å². The van der Waals surface area contributed by atoms with Gasteiger partial charge in [0.05, 0.1) is 5.39 Å². The Bertz CT molecular complexity index is 1100. The number of hydrogen-bond acceptors (Lipinski definition) is 4. The first-order valence-electron chi connectivity index (χ1n) is 8.37. The number of benzene rings is 2. The number of halogens is 1. The molecule has 0 saturated carbocycles. The number of rotatable bonds is 3. The molecule has 0 aliphatic carbocycles. The van der Waals surface area contributed by atoms with Crippen molar-refractivity contribution in [1.82, 2.24) is 9.97 Å². The number of nitrogens with zero attached hydrogens (tertiary/aromatic N) is 2. The van der Waals surface area contributed by atoms with Crippen LogP contribution in [0.2, 0.25) is 5.02 Å². The Balaban J connectivity index is 1.89. The smallest absolute Gasteiger partial charge is 0.143 e. The van der Waals surface area contributed by atoms with E-state index >= 15 is 0 Å². The largest absolute Gasteiger partial charge is 0.339 e. The minimum atomic E-state index is 0.729. The molecule has 0 atom stereocenters. The fraction of sp³-hybridized carbons (Fsp3) is 0.143. The van der Waals surface area contributed by atoms with Gasteiger partial charge in [0.25, 0.3) is 0 Å². The Kier molecular flexibility index (Phi) is 4.39. The second-order valence-electron chi connectivity index (χ2n) is 6.39. The quantitative estimate of drug-likeness (QED) is 0.431. The summed E-state index contributed by atoms with van der Waals surface area (Å²) in [4.78, 5) is 11.2. The molecule has 0 unspecified atom stereocenters. The molecule has 26 heavy (non-hydrogen) atoms. The van der Waals surface area contributed by atoms with Crippen LogP contribution in [0.3, 0.4) is 0 Å². The third-order valence-corrected chi connectivity index (χ3v) is 5.69. The highest BCUT2D eigenvalue weighted by molar-refractivity contribution is 7.19. The number of anilines is 2. The summed E-state index contributed by atoms with van der Waals surface area (Å²) in [5, 5.41) is 5.27. The Hall–Kier alpha value is -2.43. The molecule has 0 aliphatic heterocycles. The number of fused-ring (bicyclic) bond motifs is 1. The van der Waals surface area contributed by atoms with Crippen molar-refractivity contribution in [3.8, 4) is 11.1 Å². The van der Waals surface area contributed by atoms with Crippen molar-refractivity contribution in [3.05, 3.63) is 69.8 Å². The Morgan fingerprint density at radius 3 is 2.46 bits per heavy atom. The highest BCUT2D eigenvalue weighted by atomic mass is 35.5. The molecule has 2 heterocycles. The standard InChI is InChI=1S/C21H18ClN3S/c1-12-4-6-15(7-5-12)18-14(3)26-21-19(18)20(23-11-24-21)25-17-9-8-16(22)10-13(17)2/h4-11H,1-3H3,(H,23,24,25). The van der Waals surface area contributed by atoms with Gasteiger partial charge in [0, 0.05) is 21.2 Å². The first kappa shape index (κ1) is 17.0. The Morgan fingerprint density at radius 2 is 1.73 bits per heavy atom. The van der Waals surface area contributed by atoms with Crippen molar-refractivity contribution < 1.29 is 0 Å². The molecule has 5 heteroatoms. The van der Waals surface area contributed by atoms with E-state index in [2.05, 4.69) is 53.4 Å². The summed E-state index contributed by atoms with van der Waals surface area (Å²) < 4.78 is 0. The second-order valence-corrected chi connectivity index (χ2v) is 8.03. The van der Waals surface area contributed by atoms with Gasteiger partial charge in [-0.15, -0.1) is 11.3 Å². The molecule has 2 aromatic carbocycles. The zero-order valence-electron chi connectivity index (χ0n) is 14.8. The third-order valence-electron chi connectivity index (χ3n) is 4.45. The summed E-state index contributed by atoms with van der Waals surface area (Å²) in [5.74, 6) is 0.820. The van der Waals surface area contributed by atoms with E-state index in [1.54, 1.807) is 17.7 Å². The van der Waals surface area contributed by atoms with Gasteiger partial charge in [-0.25, -0.2) is 9.97 Å². The average Bonchev–Trinajstić information content (AvgIpc) is 2.95. The molecule has 0 spiro atoms. The summed E-state index contributed by atoms with van der Waals surface area (Å²) in [7, 11) is 0. The lowest BCUT2D eigenvalue weighted by atomic mass is 10.0. The predicted octanol–water partition coefficient (Wildman–Crippen LogP) is 6.68. The zero-order valence-corrected chi connectivity index (χ0v) is 16.4. The second kappa shape index (κ2) is 6.71. The van der Waals surface area contributed by atoms with Gasteiger partial charge in [-0.2, -0.15) is 0 Å². The molecule has 2 aromatic heterocycles. The topological polar surface area (TPSA) is 37.8 Å². The monoisotopic (exact) mass is 379 g/mol. The van der Waals surface area contributed by atoms with Gasteiger partial charge < -0.3 is 5.32 Å². The van der Waals surface area contributed by atoms with Crippen molar-refractivity contribution in [2.75, 3.05) is 5.32 Å². The number of aryl methyl sites for hydroxylation is 3. The minimum Gasteiger partial charge on any atom is -0.339 e. The lowest BCUT2D eigenvalue weighted by Crippen LogP contribution is -1.97. The molecule has 4 rings (SSSR count). The first-order valence-corrected chi connectivity index (χ1v) is 9.56.